The highest BCUT2D eigenvalue weighted by Crippen LogP contribution is 2.33. The van der Waals surface area contributed by atoms with Crippen LogP contribution in [0.1, 0.15) is 32.6 Å². The van der Waals surface area contributed by atoms with Gasteiger partial charge in [-0.1, -0.05) is 12.1 Å². The minimum atomic E-state index is -0.564. The van der Waals surface area contributed by atoms with Crippen molar-refractivity contribution in [2.75, 3.05) is 31.1 Å². The minimum Gasteiger partial charge on any atom is -0.479 e. The molecule has 7 nitrogen and oxygen atoms in total. The smallest absolute Gasteiger partial charge is 0.267 e. The Labute approximate surface area is 153 Å². The Kier molecular flexibility index (Phi) is 5.75. The van der Waals surface area contributed by atoms with E-state index < -0.39 is 6.10 Å². The van der Waals surface area contributed by atoms with Crippen LogP contribution in [-0.2, 0) is 14.4 Å². The van der Waals surface area contributed by atoms with Gasteiger partial charge in [0, 0.05) is 39.0 Å². The van der Waals surface area contributed by atoms with Gasteiger partial charge in [-0.25, -0.2) is 0 Å². The molecule has 1 aromatic rings. The lowest BCUT2D eigenvalue weighted by Gasteiger charge is -2.32. The van der Waals surface area contributed by atoms with E-state index in [4.69, 9.17) is 4.74 Å². The molecule has 0 aliphatic carbocycles. The topological polar surface area (TPSA) is 79.0 Å². The van der Waals surface area contributed by atoms with Crippen LogP contribution >= 0.6 is 0 Å². The Morgan fingerprint density at radius 1 is 1.19 bits per heavy atom. The molecule has 2 aliphatic heterocycles. The summed E-state index contributed by atoms with van der Waals surface area (Å²) < 4.78 is 5.59. The maximum absolute atomic E-state index is 12.4. The van der Waals surface area contributed by atoms with E-state index in [1.165, 1.54) is 0 Å². The van der Waals surface area contributed by atoms with Gasteiger partial charge in [0.15, 0.2) is 6.10 Å². The van der Waals surface area contributed by atoms with Gasteiger partial charge in [0.2, 0.25) is 11.8 Å². The van der Waals surface area contributed by atoms with Crippen LogP contribution in [0.2, 0.25) is 0 Å². The van der Waals surface area contributed by atoms with E-state index in [0.29, 0.717) is 24.4 Å². The highest BCUT2D eigenvalue weighted by Gasteiger charge is 2.31. The van der Waals surface area contributed by atoms with Crippen molar-refractivity contribution in [3.05, 3.63) is 24.3 Å². The van der Waals surface area contributed by atoms with Gasteiger partial charge in [-0.15, -0.1) is 0 Å². The summed E-state index contributed by atoms with van der Waals surface area (Å²) in [7, 11) is 0. The fraction of sp³-hybridized carbons (Fsp3) is 0.526. The van der Waals surface area contributed by atoms with Crippen molar-refractivity contribution in [1.82, 2.24) is 10.2 Å². The fourth-order valence-corrected chi connectivity index (χ4v) is 3.32. The lowest BCUT2D eigenvalue weighted by molar-refractivity contribution is -0.130. The minimum absolute atomic E-state index is 0.0916. The van der Waals surface area contributed by atoms with Gasteiger partial charge in [-0.3, -0.25) is 14.4 Å². The second-order valence-corrected chi connectivity index (χ2v) is 6.66. The first-order valence-corrected chi connectivity index (χ1v) is 9.18. The third-order valence-corrected chi connectivity index (χ3v) is 4.76. The number of carbonyl (C=O) groups is 3. The van der Waals surface area contributed by atoms with E-state index in [0.717, 1.165) is 25.9 Å². The molecule has 1 atom stereocenters. The van der Waals surface area contributed by atoms with Crippen LogP contribution in [0.25, 0.3) is 0 Å². The molecular formula is C19H25N3O4. The van der Waals surface area contributed by atoms with Gasteiger partial charge in [0.1, 0.15) is 5.75 Å². The van der Waals surface area contributed by atoms with Crippen LogP contribution in [0, 0.1) is 0 Å². The number of ether oxygens (including phenoxy) is 1. The number of fused-ring (bicyclic) bond motifs is 1. The molecule has 0 saturated carbocycles. The van der Waals surface area contributed by atoms with E-state index in [2.05, 4.69) is 5.32 Å². The number of likely N-dealkylation sites (tertiary alicyclic amines) is 1. The molecule has 3 amide bonds. The summed E-state index contributed by atoms with van der Waals surface area (Å²) in [6.45, 7) is 3.97. The van der Waals surface area contributed by atoms with E-state index in [-0.39, 0.29) is 30.7 Å². The molecule has 26 heavy (non-hydrogen) atoms. The first-order chi connectivity index (χ1) is 12.6. The normalized spacial score (nSPS) is 19.1. The van der Waals surface area contributed by atoms with Crippen molar-refractivity contribution in [2.24, 2.45) is 0 Å². The summed E-state index contributed by atoms with van der Waals surface area (Å²) in [6, 6.07) is 7.31. The number of benzene rings is 1. The van der Waals surface area contributed by atoms with Crippen molar-refractivity contribution < 1.29 is 19.1 Å². The predicted octanol–water partition coefficient (Wildman–Crippen LogP) is 1.32. The molecule has 1 N–H and O–H groups in total. The van der Waals surface area contributed by atoms with Crippen LogP contribution in [0.5, 0.6) is 5.75 Å². The van der Waals surface area contributed by atoms with Crippen LogP contribution in [0.4, 0.5) is 5.69 Å². The van der Waals surface area contributed by atoms with Gasteiger partial charge < -0.3 is 19.9 Å². The van der Waals surface area contributed by atoms with Gasteiger partial charge in [0.05, 0.1) is 5.69 Å². The predicted molar refractivity (Wildman–Crippen MR) is 96.9 cm³/mol. The third-order valence-electron chi connectivity index (χ3n) is 4.76. The summed E-state index contributed by atoms with van der Waals surface area (Å²) in [4.78, 5) is 39.8. The number of hydrogen-bond acceptors (Lipinski definition) is 4. The van der Waals surface area contributed by atoms with E-state index in [1.807, 2.05) is 29.2 Å². The van der Waals surface area contributed by atoms with Crippen molar-refractivity contribution in [2.45, 2.75) is 38.7 Å². The number of rotatable bonds is 6. The number of anilines is 1. The zero-order valence-corrected chi connectivity index (χ0v) is 15.1. The van der Waals surface area contributed by atoms with Gasteiger partial charge in [-0.2, -0.15) is 0 Å². The lowest BCUT2D eigenvalue weighted by atomic mass is 10.1. The average molecular weight is 359 g/mol. The lowest BCUT2D eigenvalue weighted by Crippen LogP contribution is -2.45. The molecule has 0 radical (unpaired) electrons. The average Bonchev–Trinajstić information content (AvgIpc) is 3.17. The van der Waals surface area contributed by atoms with Crippen molar-refractivity contribution in [3.63, 3.8) is 0 Å². The van der Waals surface area contributed by atoms with Gasteiger partial charge >= 0.3 is 0 Å². The first kappa shape index (κ1) is 18.2. The van der Waals surface area contributed by atoms with E-state index in [9.17, 15) is 14.4 Å². The van der Waals surface area contributed by atoms with Gasteiger partial charge in [-0.05, 0) is 31.9 Å². The quantitative estimate of drug-likeness (QED) is 0.831. The number of carbonyl (C=O) groups excluding carboxylic acids is 3. The number of nitrogens with one attached hydrogen (secondary N) is 1. The van der Waals surface area contributed by atoms with Crippen molar-refractivity contribution in [1.29, 1.82) is 0 Å². The summed E-state index contributed by atoms with van der Waals surface area (Å²) in [5, 5.41) is 2.77. The molecular weight excluding hydrogens is 334 g/mol. The SMILES string of the molecule is C[C@H]1Oc2ccccc2N(CCC(=O)NCCC(=O)N2CCCC2)C1=O. The highest BCUT2D eigenvalue weighted by molar-refractivity contribution is 6.00. The Hall–Kier alpha value is -2.57. The van der Waals surface area contributed by atoms with Crippen molar-refractivity contribution in [3.8, 4) is 5.75 Å². The monoisotopic (exact) mass is 359 g/mol. The second kappa shape index (κ2) is 8.21. The number of para-hydroxylation sites is 2. The molecule has 0 spiro atoms. The first-order valence-electron chi connectivity index (χ1n) is 9.18. The fourth-order valence-electron chi connectivity index (χ4n) is 3.32. The Morgan fingerprint density at radius 2 is 1.92 bits per heavy atom. The Morgan fingerprint density at radius 3 is 2.69 bits per heavy atom. The van der Waals surface area contributed by atoms with Crippen LogP contribution in [0.15, 0.2) is 24.3 Å². The summed E-state index contributed by atoms with van der Waals surface area (Å²) >= 11 is 0. The molecule has 2 aliphatic rings. The second-order valence-electron chi connectivity index (χ2n) is 6.66. The molecule has 1 fully saturated rings. The molecule has 0 aromatic heterocycles. The van der Waals surface area contributed by atoms with Crippen LogP contribution < -0.4 is 15.0 Å². The maximum atomic E-state index is 12.4. The molecule has 1 aromatic carbocycles. The largest absolute Gasteiger partial charge is 0.479 e. The number of hydrogen-bond donors (Lipinski definition) is 1. The standard InChI is InChI=1S/C19H25N3O4/c1-14-19(25)22(15-6-2-3-7-16(15)26-14)13-9-17(23)20-10-8-18(24)21-11-4-5-12-21/h2-3,6-7,14H,4-5,8-13H2,1H3,(H,20,23)/t14-/m1/s1. The molecule has 3 rings (SSSR count). The molecule has 140 valence electrons. The maximum Gasteiger partial charge on any atom is 0.267 e. The molecule has 0 bridgehead atoms. The Balaban J connectivity index is 1.46. The van der Waals surface area contributed by atoms with Crippen LogP contribution in [-0.4, -0.2) is 54.9 Å². The van der Waals surface area contributed by atoms with Crippen LogP contribution in [0.3, 0.4) is 0 Å². The molecule has 0 unspecified atom stereocenters. The zero-order chi connectivity index (χ0) is 18.5. The van der Waals surface area contributed by atoms with Gasteiger partial charge in [0.25, 0.3) is 5.91 Å². The molecule has 7 heteroatoms. The molecule has 2 heterocycles. The molecule has 1 saturated heterocycles. The summed E-state index contributed by atoms with van der Waals surface area (Å²) in [5.74, 6) is 0.425. The highest BCUT2D eigenvalue weighted by atomic mass is 16.5. The van der Waals surface area contributed by atoms with E-state index >= 15 is 0 Å². The summed E-state index contributed by atoms with van der Waals surface area (Å²) in [5.41, 5.74) is 0.688. The number of nitrogens with zero attached hydrogens (tertiary/aromatic N) is 2. The van der Waals surface area contributed by atoms with E-state index in [1.54, 1.807) is 11.8 Å². The third kappa shape index (κ3) is 4.15. The Bertz CT molecular complexity index is 685. The van der Waals surface area contributed by atoms with Crippen molar-refractivity contribution >= 4 is 23.4 Å². The summed E-state index contributed by atoms with van der Waals surface area (Å²) in [6.07, 6.45) is 2.07. The number of amides is 3. The zero-order valence-electron chi connectivity index (χ0n) is 15.1.